The van der Waals surface area contributed by atoms with E-state index in [1.54, 1.807) is 6.20 Å². The van der Waals surface area contributed by atoms with Crippen LogP contribution in [0.25, 0.3) is 11.0 Å². The summed E-state index contributed by atoms with van der Waals surface area (Å²) in [6.07, 6.45) is 2.96. The van der Waals surface area contributed by atoms with Crippen molar-refractivity contribution >= 4 is 11.0 Å². The van der Waals surface area contributed by atoms with Gasteiger partial charge in [0.25, 0.3) is 0 Å². The molecule has 2 aromatic rings. The van der Waals surface area contributed by atoms with Gasteiger partial charge in [-0.3, -0.25) is 4.98 Å². The lowest BCUT2D eigenvalue weighted by Crippen LogP contribution is -2.58. The van der Waals surface area contributed by atoms with Crippen LogP contribution >= 0.6 is 0 Å². The molecule has 2 atom stereocenters. The second-order valence-corrected chi connectivity index (χ2v) is 5.78. The second-order valence-electron chi connectivity index (χ2n) is 5.78. The first-order valence-corrected chi connectivity index (χ1v) is 7.01. The highest BCUT2D eigenvalue weighted by Crippen LogP contribution is 2.35. The molecule has 1 aromatic carbocycles. The van der Waals surface area contributed by atoms with Crippen LogP contribution in [0.15, 0.2) is 30.5 Å². The van der Waals surface area contributed by atoms with Crippen LogP contribution in [0, 0.1) is 0 Å². The van der Waals surface area contributed by atoms with Crippen LogP contribution in [0.5, 0.6) is 0 Å². The molecule has 20 heavy (non-hydrogen) atoms. The van der Waals surface area contributed by atoms with E-state index < -0.39 is 5.60 Å². The maximum Gasteiger partial charge on any atom is 0.111 e. The van der Waals surface area contributed by atoms with Gasteiger partial charge >= 0.3 is 0 Å². The van der Waals surface area contributed by atoms with Gasteiger partial charge in [-0.2, -0.15) is 0 Å². The van der Waals surface area contributed by atoms with Gasteiger partial charge in [0.1, 0.15) is 5.60 Å². The standard InChI is InChI=1S/C15H17N3O2/c19-15(5-10-8-20-9-11(6-15)17-10)14-7-16-12-3-1-2-4-13(12)18-14/h1-4,7,10-11,17,19H,5-6,8-9H2. The van der Waals surface area contributed by atoms with Crippen molar-refractivity contribution in [3.8, 4) is 0 Å². The molecule has 2 aliphatic rings. The summed E-state index contributed by atoms with van der Waals surface area (Å²) in [7, 11) is 0. The van der Waals surface area contributed by atoms with Crippen LogP contribution in [0.2, 0.25) is 0 Å². The number of nitrogens with one attached hydrogen (secondary N) is 1. The van der Waals surface area contributed by atoms with Gasteiger partial charge in [0.2, 0.25) is 0 Å². The minimum atomic E-state index is -0.901. The Kier molecular flexibility index (Phi) is 2.73. The number of aromatic nitrogens is 2. The van der Waals surface area contributed by atoms with Gasteiger partial charge in [0.05, 0.1) is 36.1 Å². The first-order chi connectivity index (χ1) is 9.73. The van der Waals surface area contributed by atoms with Gasteiger partial charge < -0.3 is 15.2 Å². The van der Waals surface area contributed by atoms with Crippen LogP contribution in [-0.2, 0) is 10.3 Å². The number of hydrogen-bond acceptors (Lipinski definition) is 5. The van der Waals surface area contributed by atoms with Crippen LogP contribution in [-0.4, -0.2) is 40.4 Å². The molecule has 2 unspecified atom stereocenters. The fourth-order valence-electron chi connectivity index (χ4n) is 3.31. The summed E-state index contributed by atoms with van der Waals surface area (Å²) >= 11 is 0. The smallest absolute Gasteiger partial charge is 0.111 e. The molecule has 2 aliphatic heterocycles. The molecule has 0 aliphatic carbocycles. The number of ether oxygens (including phenoxy) is 1. The van der Waals surface area contributed by atoms with Gasteiger partial charge in [0.15, 0.2) is 0 Å². The predicted molar refractivity (Wildman–Crippen MR) is 74.2 cm³/mol. The van der Waals surface area contributed by atoms with E-state index in [2.05, 4.69) is 15.3 Å². The Morgan fingerprint density at radius 1 is 1.15 bits per heavy atom. The molecule has 4 rings (SSSR count). The van der Waals surface area contributed by atoms with Crippen molar-refractivity contribution in [1.29, 1.82) is 0 Å². The zero-order valence-electron chi connectivity index (χ0n) is 11.1. The number of benzene rings is 1. The third-order valence-electron chi connectivity index (χ3n) is 4.20. The van der Waals surface area contributed by atoms with E-state index >= 15 is 0 Å². The van der Waals surface area contributed by atoms with Crippen molar-refractivity contribution in [3.05, 3.63) is 36.2 Å². The molecular formula is C15H17N3O2. The first-order valence-electron chi connectivity index (χ1n) is 7.01. The van der Waals surface area contributed by atoms with E-state index in [1.165, 1.54) is 0 Å². The third kappa shape index (κ3) is 1.98. The van der Waals surface area contributed by atoms with E-state index in [0.717, 1.165) is 11.0 Å². The lowest BCUT2D eigenvalue weighted by molar-refractivity contribution is -0.0824. The summed E-state index contributed by atoms with van der Waals surface area (Å²) in [6, 6.07) is 8.14. The maximum atomic E-state index is 11.0. The largest absolute Gasteiger partial charge is 0.383 e. The molecule has 3 heterocycles. The van der Waals surface area contributed by atoms with Crippen molar-refractivity contribution in [2.45, 2.75) is 30.5 Å². The quantitative estimate of drug-likeness (QED) is 0.809. The van der Waals surface area contributed by atoms with Gasteiger partial charge in [-0.25, -0.2) is 4.98 Å². The van der Waals surface area contributed by atoms with Crippen LogP contribution in [0.4, 0.5) is 0 Å². The van der Waals surface area contributed by atoms with Crippen LogP contribution in [0.1, 0.15) is 18.5 Å². The SMILES string of the molecule is OC1(c2cnc3ccccc3n2)CC2COCC(C1)N2. The van der Waals surface area contributed by atoms with E-state index in [-0.39, 0.29) is 12.1 Å². The molecule has 5 heteroatoms. The molecule has 0 spiro atoms. The van der Waals surface area contributed by atoms with E-state index in [9.17, 15) is 5.11 Å². The minimum Gasteiger partial charge on any atom is -0.383 e. The Balaban J connectivity index is 1.73. The molecule has 104 valence electrons. The number of nitrogens with zero attached hydrogens (tertiary/aromatic N) is 2. The second kappa shape index (κ2) is 4.48. The number of fused-ring (bicyclic) bond motifs is 3. The topological polar surface area (TPSA) is 67.3 Å². The minimum absolute atomic E-state index is 0.195. The lowest BCUT2D eigenvalue weighted by Gasteiger charge is -2.44. The molecule has 0 amide bonds. The fraction of sp³-hybridized carbons (Fsp3) is 0.467. The van der Waals surface area contributed by atoms with Gasteiger partial charge in [-0.1, -0.05) is 12.1 Å². The highest BCUT2D eigenvalue weighted by molar-refractivity contribution is 5.73. The van der Waals surface area contributed by atoms with Gasteiger partial charge in [-0.15, -0.1) is 0 Å². The normalized spacial score (nSPS) is 33.2. The number of para-hydroxylation sites is 2. The van der Waals surface area contributed by atoms with Gasteiger partial charge in [-0.05, 0) is 25.0 Å². The summed E-state index contributed by atoms with van der Waals surface area (Å²) in [6.45, 7) is 1.31. The van der Waals surface area contributed by atoms with Gasteiger partial charge in [0, 0.05) is 12.1 Å². The molecule has 2 saturated heterocycles. The monoisotopic (exact) mass is 271 g/mol. The number of rotatable bonds is 1. The zero-order valence-corrected chi connectivity index (χ0v) is 11.1. The first kappa shape index (κ1) is 12.2. The number of piperidine rings is 1. The Labute approximate surface area is 117 Å². The van der Waals surface area contributed by atoms with E-state index in [4.69, 9.17) is 4.74 Å². The summed E-state index contributed by atoms with van der Waals surface area (Å²) in [4.78, 5) is 9.04. The summed E-state index contributed by atoms with van der Waals surface area (Å²) in [5, 5.41) is 14.5. The predicted octanol–water partition coefficient (Wildman–Crippen LogP) is 0.968. The van der Waals surface area contributed by atoms with Crippen LogP contribution < -0.4 is 5.32 Å². The average Bonchev–Trinajstić information content (AvgIpc) is 2.46. The number of hydrogen-bond donors (Lipinski definition) is 2. The third-order valence-corrected chi connectivity index (χ3v) is 4.20. The number of morpholine rings is 1. The van der Waals surface area contributed by atoms with Crippen molar-refractivity contribution in [1.82, 2.24) is 15.3 Å². The van der Waals surface area contributed by atoms with Crippen LogP contribution in [0.3, 0.4) is 0 Å². The molecule has 0 radical (unpaired) electrons. The molecule has 1 aromatic heterocycles. The van der Waals surface area contributed by atoms with E-state index in [1.807, 2.05) is 24.3 Å². The van der Waals surface area contributed by atoms with Crippen molar-refractivity contribution < 1.29 is 9.84 Å². The maximum absolute atomic E-state index is 11.0. The zero-order chi connectivity index (χ0) is 13.6. The Bertz CT molecular complexity index is 634. The molecule has 0 saturated carbocycles. The van der Waals surface area contributed by atoms with Crippen molar-refractivity contribution in [2.75, 3.05) is 13.2 Å². The highest BCUT2D eigenvalue weighted by Gasteiger charge is 2.43. The molecule has 5 nitrogen and oxygen atoms in total. The fourth-order valence-corrected chi connectivity index (χ4v) is 3.31. The highest BCUT2D eigenvalue weighted by atomic mass is 16.5. The Morgan fingerprint density at radius 3 is 2.60 bits per heavy atom. The molecular weight excluding hydrogens is 254 g/mol. The molecule has 2 fully saturated rings. The summed E-state index contributed by atoms with van der Waals surface area (Å²) in [5.41, 5.74) is 1.46. The molecule has 2 bridgehead atoms. The average molecular weight is 271 g/mol. The Morgan fingerprint density at radius 2 is 1.85 bits per heavy atom. The summed E-state index contributed by atoms with van der Waals surface area (Å²) < 4.78 is 5.53. The molecule has 2 N–H and O–H groups in total. The lowest BCUT2D eigenvalue weighted by atomic mass is 9.81. The van der Waals surface area contributed by atoms with E-state index in [0.29, 0.717) is 31.7 Å². The van der Waals surface area contributed by atoms with Crippen molar-refractivity contribution in [2.24, 2.45) is 0 Å². The Hall–Kier alpha value is -1.56. The van der Waals surface area contributed by atoms with Crippen molar-refractivity contribution in [3.63, 3.8) is 0 Å². The number of aliphatic hydroxyl groups is 1. The summed E-state index contributed by atoms with van der Waals surface area (Å²) in [5.74, 6) is 0.